The first-order valence-corrected chi connectivity index (χ1v) is 12.5. The van der Waals surface area contributed by atoms with Gasteiger partial charge in [0.05, 0.1) is 14.2 Å². The molecule has 2 heterocycles. The fourth-order valence-corrected chi connectivity index (χ4v) is 7.20. The normalized spacial score (nSPS) is 18.9. The number of benzene rings is 2. The minimum atomic E-state index is -3.63. The summed E-state index contributed by atoms with van der Waals surface area (Å²) >= 11 is 0. The maximum Gasteiger partial charge on any atom is 0.198 e. The topological polar surface area (TPSA) is 67.9 Å². The van der Waals surface area contributed by atoms with E-state index in [1.54, 1.807) is 13.2 Å². The molecule has 0 saturated carbocycles. The van der Waals surface area contributed by atoms with E-state index >= 15 is 0 Å². The second-order valence-corrected chi connectivity index (χ2v) is 10.5. The van der Waals surface area contributed by atoms with Crippen molar-refractivity contribution in [3.8, 4) is 11.5 Å². The number of methoxy groups -OCH3 is 2. The molecule has 31 heavy (non-hydrogen) atoms. The number of nitrogens with one attached hydrogen (secondary N) is 1. The van der Waals surface area contributed by atoms with Gasteiger partial charge in [0.2, 0.25) is 0 Å². The molecule has 7 heteroatoms. The molecule has 1 unspecified atom stereocenters. The van der Waals surface area contributed by atoms with Crippen LogP contribution in [0.5, 0.6) is 11.5 Å². The van der Waals surface area contributed by atoms with Crippen molar-refractivity contribution in [1.29, 1.82) is 0 Å². The van der Waals surface area contributed by atoms with Gasteiger partial charge in [-0.25, -0.2) is 8.42 Å². The molecule has 0 radical (unpaired) electrons. The van der Waals surface area contributed by atoms with Crippen molar-refractivity contribution in [1.82, 2.24) is 10.2 Å². The fourth-order valence-electron chi connectivity index (χ4n) is 4.91. The van der Waals surface area contributed by atoms with E-state index in [-0.39, 0.29) is 5.92 Å². The highest BCUT2D eigenvalue weighted by molar-refractivity contribution is 7.92. The molecule has 4 rings (SSSR count). The molecule has 0 spiro atoms. The van der Waals surface area contributed by atoms with Gasteiger partial charge in [-0.2, -0.15) is 0 Å². The second kappa shape index (κ2) is 9.18. The molecule has 0 aliphatic carbocycles. The van der Waals surface area contributed by atoms with Crippen LogP contribution in [0.2, 0.25) is 0 Å². The molecule has 6 nitrogen and oxygen atoms in total. The number of sulfone groups is 1. The summed E-state index contributed by atoms with van der Waals surface area (Å²) in [5, 5.41) is 2.80. The summed E-state index contributed by atoms with van der Waals surface area (Å²) < 4.78 is 39.0. The summed E-state index contributed by atoms with van der Waals surface area (Å²) in [6.07, 6.45) is 2.52. The maximum atomic E-state index is 14.1. The van der Waals surface area contributed by atoms with Crippen LogP contribution in [0.1, 0.15) is 29.5 Å². The molecule has 0 aromatic heterocycles. The fraction of sp³-hybridized carbons (Fsp3) is 0.500. The highest BCUT2D eigenvalue weighted by atomic mass is 32.2. The molecule has 2 aromatic carbocycles. The van der Waals surface area contributed by atoms with Crippen LogP contribution in [0.25, 0.3) is 0 Å². The molecule has 1 atom stereocenters. The summed E-state index contributed by atoms with van der Waals surface area (Å²) in [5.74, 6) is 1.36. The van der Waals surface area contributed by atoms with Crippen LogP contribution >= 0.6 is 0 Å². The van der Waals surface area contributed by atoms with Crippen molar-refractivity contribution < 1.29 is 17.9 Å². The van der Waals surface area contributed by atoms with Crippen molar-refractivity contribution in [3.05, 3.63) is 53.1 Å². The Hall–Kier alpha value is -2.09. The van der Waals surface area contributed by atoms with Crippen LogP contribution < -0.4 is 14.8 Å². The molecule has 0 bridgehead atoms. The first-order valence-electron chi connectivity index (χ1n) is 10.9. The zero-order valence-corrected chi connectivity index (χ0v) is 19.4. The minimum absolute atomic E-state index is 0.0806. The van der Waals surface area contributed by atoms with E-state index in [4.69, 9.17) is 9.47 Å². The molecule has 2 aromatic rings. The Labute approximate surface area is 185 Å². The van der Waals surface area contributed by atoms with Crippen molar-refractivity contribution in [2.24, 2.45) is 5.92 Å². The molecular weight excluding hydrogens is 412 g/mol. The Morgan fingerprint density at radius 3 is 2.52 bits per heavy atom. The van der Waals surface area contributed by atoms with Crippen molar-refractivity contribution in [3.63, 3.8) is 0 Å². The summed E-state index contributed by atoms with van der Waals surface area (Å²) in [4.78, 5) is 2.46. The monoisotopic (exact) mass is 444 g/mol. The first-order chi connectivity index (χ1) is 14.9. The summed E-state index contributed by atoms with van der Waals surface area (Å²) in [6.45, 7) is 4.98. The highest BCUT2D eigenvalue weighted by Gasteiger charge is 2.42. The standard InChI is InChI=1S/C24H32N2O4S/c1-17-4-7-23(22(14-17)30-3)31(27,28)24(18-8-11-25-12-9-18)26-13-10-19-15-21(29-2)6-5-20(19)16-26/h4-7,14-15,18,24-25H,8-13,16H2,1-3H3. The number of aryl methyl sites for hydroxylation is 1. The van der Waals surface area contributed by atoms with Crippen LogP contribution in [0.3, 0.4) is 0 Å². The lowest BCUT2D eigenvalue weighted by molar-refractivity contribution is 0.159. The molecule has 2 aliphatic rings. The van der Waals surface area contributed by atoms with Crippen molar-refractivity contribution >= 4 is 9.84 Å². The number of ether oxygens (including phenoxy) is 2. The van der Waals surface area contributed by atoms with E-state index in [2.05, 4.69) is 22.3 Å². The molecular formula is C24H32N2O4S. The lowest BCUT2D eigenvalue weighted by Gasteiger charge is -2.40. The second-order valence-electron chi connectivity index (χ2n) is 8.53. The first kappa shape index (κ1) is 22.1. The van der Waals surface area contributed by atoms with Crippen LogP contribution in [0, 0.1) is 12.8 Å². The Bertz CT molecular complexity index is 1030. The van der Waals surface area contributed by atoms with Crippen LogP contribution in [-0.2, 0) is 22.8 Å². The van der Waals surface area contributed by atoms with Gasteiger partial charge in [-0.05, 0) is 86.1 Å². The Morgan fingerprint density at radius 2 is 1.81 bits per heavy atom. The van der Waals surface area contributed by atoms with Gasteiger partial charge in [-0.15, -0.1) is 0 Å². The number of piperidine rings is 1. The number of hydrogen-bond acceptors (Lipinski definition) is 6. The van der Waals surface area contributed by atoms with Gasteiger partial charge in [0.15, 0.2) is 9.84 Å². The van der Waals surface area contributed by atoms with Crippen LogP contribution in [0.15, 0.2) is 41.3 Å². The van der Waals surface area contributed by atoms with Crippen LogP contribution in [-0.4, -0.2) is 52.5 Å². The predicted octanol–water partition coefficient (Wildman–Crippen LogP) is 3.17. The van der Waals surface area contributed by atoms with Gasteiger partial charge in [0.25, 0.3) is 0 Å². The maximum absolute atomic E-state index is 14.1. The average Bonchev–Trinajstić information content (AvgIpc) is 2.79. The average molecular weight is 445 g/mol. The zero-order valence-electron chi connectivity index (χ0n) is 18.6. The molecule has 1 N–H and O–H groups in total. The van der Waals surface area contributed by atoms with Crippen molar-refractivity contribution in [2.45, 2.75) is 43.0 Å². The largest absolute Gasteiger partial charge is 0.497 e. The van der Waals surface area contributed by atoms with Crippen molar-refractivity contribution in [2.75, 3.05) is 33.9 Å². The van der Waals surface area contributed by atoms with Gasteiger partial charge < -0.3 is 14.8 Å². The van der Waals surface area contributed by atoms with E-state index < -0.39 is 15.2 Å². The summed E-state index contributed by atoms with van der Waals surface area (Å²) in [6, 6.07) is 11.5. The van der Waals surface area contributed by atoms with E-state index in [1.807, 2.05) is 25.1 Å². The van der Waals surface area contributed by atoms with Gasteiger partial charge in [0, 0.05) is 13.1 Å². The molecule has 168 valence electrons. The molecule has 1 saturated heterocycles. The van der Waals surface area contributed by atoms with Gasteiger partial charge in [0.1, 0.15) is 21.8 Å². The highest BCUT2D eigenvalue weighted by Crippen LogP contribution is 2.37. The van der Waals surface area contributed by atoms with Gasteiger partial charge in [-0.3, -0.25) is 4.90 Å². The summed E-state index contributed by atoms with van der Waals surface area (Å²) in [7, 11) is -0.415. The smallest absolute Gasteiger partial charge is 0.198 e. The molecule has 2 aliphatic heterocycles. The number of rotatable bonds is 6. The Balaban J connectivity index is 1.73. The number of nitrogens with zero attached hydrogens (tertiary/aromatic N) is 1. The lowest BCUT2D eigenvalue weighted by Crippen LogP contribution is -2.50. The lowest BCUT2D eigenvalue weighted by atomic mass is 9.94. The van der Waals surface area contributed by atoms with Gasteiger partial charge >= 0.3 is 0 Å². The number of hydrogen-bond donors (Lipinski definition) is 1. The predicted molar refractivity (Wildman–Crippen MR) is 121 cm³/mol. The van der Waals surface area contributed by atoms with E-state index in [9.17, 15) is 8.42 Å². The third-order valence-corrected chi connectivity index (χ3v) is 8.81. The molecule has 0 amide bonds. The third kappa shape index (κ3) is 4.45. The zero-order chi connectivity index (χ0) is 22.0. The number of fused-ring (bicyclic) bond motifs is 1. The third-order valence-electron chi connectivity index (χ3n) is 6.55. The van der Waals surface area contributed by atoms with Gasteiger partial charge in [-0.1, -0.05) is 12.1 Å². The SMILES string of the molecule is COc1ccc2c(c1)CCN(C(C1CCNCC1)S(=O)(=O)c1ccc(C)cc1OC)C2. The summed E-state index contributed by atoms with van der Waals surface area (Å²) in [5.41, 5.74) is 3.40. The van der Waals surface area contributed by atoms with E-state index in [1.165, 1.54) is 18.2 Å². The minimum Gasteiger partial charge on any atom is -0.497 e. The van der Waals surface area contributed by atoms with E-state index in [0.717, 1.165) is 43.7 Å². The quantitative estimate of drug-likeness (QED) is 0.738. The van der Waals surface area contributed by atoms with Crippen LogP contribution in [0.4, 0.5) is 0 Å². The molecule has 1 fully saturated rings. The Kier molecular flexibility index (Phi) is 6.55. The Morgan fingerprint density at radius 1 is 1.03 bits per heavy atom. The van der Waals surface area contributed by atoms with E-state index in [0.29, 0.717) is 23.7 Å².